The zero-order valence-corrected chi connectivity index (χ0v) is 9.38. The van der Waals surface area contributed by atoms with E-state index in [-0.39, 0.29) is 5.91 Å². The third kappa shape index (κ3) is 2.42. The van der Waals surface area contributed by atoms with E-state index in [0.29, 0.717) is 16.9 Å². The van der Waals surface area contributed by atoms with Crippen LogP contribution in [-0.2, 0) is 0 Å². The van der Waals surface area contributed by atoms with E-state index in [4.69, 9.17) is 0 Å². The van der Waals surface area contributed by atoms with Gasteiger partial charge >= 0.3 is 0 Å². The standard InChI is InChI=1S/C13H12N2O2/c1-10-12(8-5-9-15(10)17)14-13(16)11-6-3-2-4-7-11/h2-9H,1H3,(H,14,16). The molecule has 0 saturated carbocycles. The first-order valence-electron chi connectivity index (χ1n) is 5.23. The lowest BCUT2D eigenvalue weighted by Gasteiger charge is -2.07. The fraction of sp³-hybridized carbons (Fsp3) is 0.0769. The summed E-state index contributed by atoms with van der Waals surface area (Å²) < 4.78 is 0.723. The van der Waals surface area contributed by atoms with Gasteiger partial charge in [-0.15, -0.1) is 0 Å². The highest BCUT2D eigenvalue weighted by molar-refractivity contribution is 6.04. The van der Waals surface area contributed by atoms with Gasteiger partial charge in [-0.1, -0.05) is 18.2 Å². The van der Waals surface area contributed by atoms with Crippen LogP contribution in [0.5, 0.6) is 0 Å². The number of hydrogen-bond acceptors (Lipinski definition) is 2. The van der Waals surface area contributed by atoms with Crippen molar-refractivity contribution in [1.29, 1.82) is 0 Å². The van der Waals surface area contributed by atoms with Gasteiger partial charge in [-0.2, -0.15) is 4.73 Å². The lowest BCUT2D eigenvalue weighted by atomic mass is 10.2. The predicted octanol–water partition coefficient (Wildman–Crippen LogP) is 1.88. The third-order valence-corrected chi connectivity index (χ3v) is 2.49. The van der Waals surface area contributed by atoms with Crippen LogP contribution in [0.4, 0.5) is 5.69 Å². The maximum atomic E-state index is 11.9. The molecule has 0 unspecified atom stereocenters. The van der Waals surface area contributed by atoms with E-state index in [1.165, 1.54) is 6.20 Å². The molecule has 1 aromatic carbocycles. The van der Waals surface area contributed by atoms with Crippen LogP contribution in [0.25, 0.3) is 0 Å². The summed E-state index contributed by atoms with van der Waals surface area (Å²) in [5.74, 6) is -0.222. The summed E-state index contributed by atoms with van der Waals surface area (Å²) >= 11 is 0. The molecule has 1 N–H and O–H groups in total. The molecule has 2 aromatic rings. The maximum absolute atomic E-state index is 11.9. The monoisotopic (exact) mass is 228 g/mol. The average Bonchev–Trinajstić information content (AvgIpc) is 2.36. The molecule has 17 heavy (non-hydrogen) atoms. The Balaban J connectivity index is 2.22. The molecule has 0 radical (unpaired) electrons. The zero-order chi connectivity index (χ0) is 12.3. The van der Waals surface area contributed by atoms with Crippen LogP contribution in [0.2, 0.25) is 0 Å². The summed E-state index contributed by atoms with van der Waals surface area (Å²) in [7, 11) is 0. The third-order valence-electron chi connectivity index (χ3n) is 2.49. The molecule has 0 fully saturated rings. The summed E-state index contributed by atoms with van der Waals surface area (Å²) in [5, 5.41) is 14.0. The molecular weight excluding hydrogens is 216 g/mol. The Labute approximate surface area is 99.1 Å². The molecule has 1 aromatic heterocycles. The minimum atomic E-state index is -0.222. The Bertz CT molecular complexity index is 538. The van der Waals surface area contributed by atoms with Crippen molar-refractivity contribution >= 4 is 11.6 Å². The highest BCUT2D eigenvalue weighted by Crippen LogP contribution is 2.11. The van der Waals surface area contributed by atoms with Gasteiger partial charge in [0.2, 0.25) is 5.69 Å². The smallest absolute Gasteiger partial charge is 0.255 e. The number of amides is 1. The van der Waals surface area contributed by atoms with E-state index in [1.54, 1.807) is 43.3 Å². The van der Waals surface area contributed by atoms with Crippen molar-refractivity contribution < 1.29 is 9.52 Å². The van der Waals surface area contributed by atoms with Crippen molar-refractivity contribution in [3.05, 3.63) is 65.1 Å². The topological polar surface area (TPSA) is 56.0 Å². The van der Waals surface area contributed by atoms with Crippen molar-refractivity contribution in [3.8, 4) is 0 Å². The van der Waals surface area contributed by atoms with Crippen LogP contribution in [-0.4, -0.2) is 5.91 Å². The summed E-state index contributed by atoms with van der Waals surface area (Å²) in [6.07, 6.45) is 1.40. The summed E-state index contributed by atoms with van der Waals surface area (Å²) in [6, 6.07) is 12.2. The van der Waals surface area contributed by atoms with Crippen LogP contribution in [0, 0.1) is 12.1 Å². The van der Waals surface area contributed by atoms with Crippen LogP contribution in [0.1, 0.15) is 16.1 Å². The normalized spacial score (nSPS) is 9.94. The number of benzene rings is 1. The number of carbonyl (C=O) groups is 1. The van der Waals surface area contributed by atoms with Crippen molar-refractivity contribution in [2.45, 2.75) is 6.92 Å². The summed E-state index contributed by atoms with van der Waals surface area (Å²) in [6.45, 7) is 1.66. The Morgan fingerprint density at radius 2 is 1.88 bits per heavy atom. The Morgan fingerprint density at radius 1 is 1.18 bits per heavy atom. The number of anilines is 1. The van der Waals surface area contributed by atoms with Crippen molar-refractivity contribution in [1.82, 2.24) is 0 Å². The van der Waals surface area contributed by atoms with Crippen molar-refractivity contribution in [3.63, 3.8) is 0 Å². The van der Waals surface area contributed by atoms with Gasteiger partial charge in [0.1, 0.15) is 5.69 Å². The highest BCUT2D eigenvalue weighted by Gasteiger charge is 2.10. The van der Waals surface area contributed by atoms with Gasteiger partial charge in [-0.05, 0) is 18.2 Å². The molecule has 1 amide bonds. The van der Waals surface area contributed by atoms with Crippen molar-refractivity contribution in [2.24, 2.45) is 0 Å². The molecular formula is C13H12N2O2. The molecule has 4 nitrogen and oxygen atoms in total. The van der Waals surface area contributed by atoms with E-state index in [9.17, 15) is 10.0 Å². The van der Waals surface area contributed by atoms with E-state index in [0.717, 1.165) is 4.73 Å². The summed E-state index contributed by atoms with van der Waals surface area (Å²) in [5.41, 5.74) is 1.56. The lowest BCUT2D eigenvalue weighted by Crippen LogP contribution is -2.30. The SMILES string of the molecule is Cc1c(NC(=O)c2ccccc2)ccc[n+]1[O-]. The first-order valence-corrected chi connectivity index (χ1v) is 5.23. The first-order chi connectivity index (χ1) is 8.18. The minimum absolute atomic E-state index is 0.222. The molecule has 4 heteroatoms. The Morgan fingerprint density at radius 3 is 2.59 bits per heavy atom. The number of carbonyl (C=O) groups excluding carboxylic acids is 1. The van der Waals surface area contributed by atoms with Gasteiger partial charge in [0.05, 0.1) is 0 Å². The fourth-order valence-corrected chi connectivity index (χ4v) is 1.48. The number of hydrogen-bond donors (Lipinski definition) is 1. The second-order valence-electron chi connectivity index (χ2n) is 3.65. The molecule has 2 rings (SSSR count). The molecule has 0 atom stereocenters. The Hall–Kier alpha value is -2.36. The Kier molecular flexibility index (Phi) is 3.05. The number of aromatic nitrogens is 1. The second kappa shape index (κ2) is 4.65. The van der Waals surface area contributed by atoms with E-state index < -0.39 is 0 Å². The van der Waals surface area contributed by atoms with Gasteiger partial charge < -0.3 is 10.5 Å². The lowest BCUT2D eigenvalue weighted by molar-refractivity contribution is -0.611. The molecule has 0 aliphatic heterocycles. The van der Waals surface area contributed by atoms with Gasteiger partial charge in [0.25, 0.3) is 5.91 Å². The molecule has 0 saturated heterocycles. The fourth-order valence-electron chi connectivity index (χ4n) is 1.48. The van der Waals surface area contributed by atoms with Crippen LogP contribution >= 0.6 is 0 Å². The predicted molar refractivity (Wildman–Crippen MR) is 64.5 cm³/mol. The molecule has 0 aliphatic rings. The molecule has 0 spiro atoms. The molecule has 0 bridgehead atoms. The van der Waals surface area contributed by atoms with E-state index >= 15 is 0 Å². The molecule has 86 valence electrons. The first kappa shape index (κ1) is 11.1. The van der Waals surface area contributed by atoms with E-state index in [1.807, 2.05) is 6.07 Å². The summed E-state index contributed by atoms with van der Waals surface area (Å²) in [4.78, 5) is 11.9. The van der Waals surface area contributed by atoms with Gasteiger partial charge in [-0.3, -0.25) is 4.79 Å². The largest absolute Gasteiger partial charge is 0.618 e. The number of pyridine rings is 1. The number of nitrogens with one attached hydrogen (secondary N) is 1. The van der Waals surface area contributed by atoms with Crippen molar-refractivity contribution in [2.75, 3.05) is 5.32 Å². The minimum Gasteiger partial charge on any atom is -0.618 e. The maximum Gasteiger partial charge on any atom is 0.255 e. The zero-order valence-electron chi connectivity index (χ0n) is 9.38. The van der Waals surface area contributed by atoms with Gasteiger partial charge in [-0.25, -0.2) is 0 Å². The van der Waals surface area contributed by atoms with Gasteiger partial charge in [0, 0.05) is 18.6 Å². The van der Waals surface area contributed by atoms with Gasteiger partial charge in [0.15, 0.2) is 6.20 Å². The molecule has 0 aliphatic carbocycles. The number of rotatable bonds is 2. The average molecular weight is 228 g/mol. The van der Waals surface area contributed by atoms with E-state index in [2.05, 4.69) is 5.32 Å². The highest BCUT2D eigenvalue weighted by atomic mass is 16.5. The van der Waals surface area contributed by atoms with Crippen LogP contribution in [0.3, 0.4) is 0 Å². The second-order valence-corrected chi connectivity index (χ2v) is 3.65. The van der Waals surface area contributed by atoms with Crippen LogP contribution in [0.15, 0.2) is 48.7 Å². The number of nitrogens with zero attached hydrogens (tertiary/aromatic N) is 1. The van der Waals surface area contributed by atoms with Crippen LogP contribution < -0.4 is 10.0 Å². The molecule has 1 heterocycles. The quantitative estimate of drug-likeness (QED) is 0.630.